The molecule has 0 saturated heterocycles. The minimum atomic E-state index is -0.414. The van der Waals surface area contributed by atoms with E-state index >= 15 is 0 Å². The Morgan fingerprint density at radius 3 is 2.84 bits per heavy atom. The molecule has 0 unspecified atom stereocenters. The average molecular weight is 303 g/mol. The summed E-state index contributed by atoms with van der Waals surface area (Å²) < 4.78 is 7.92. The molecule has 2 N–H and O–H groups in total. The summed E-state index contributed by atoms with van der Waals surface area (Å²) in [6, 6.07) is 5.79. The van der Waals surface area contributed by atoms with Crippen molar-refractivity contribution in [2.45, 2.75) is 26.4 Å². The summed E-state index contributed by atoms with van der Waals surface area (Å²) in [5.74, 6) is 0.347. The molecule has 0 bridgehead atoms. The number of esters is 1. The van der Waals surface area contributed by atoms with Crippen LogP contribution in [0, 0.1) is 0 Å². The molecule has 0 atom stereocenters. The van der Waals surface area contributed by atoms with Crippen molar-refractivity contribution < 1.29 is 9.53 Å². The highest BCUT2D eigenvalue weighted by Crippen LogP contribution is 2.21. The molecule has 0 amide bonds. The molecule has 0 aromatic heterocycles. The number of nitrogens with one attached hydrogen (secondary N) is 2. The van der Waals surface area contributed by atoms with Gasteiger partial charge in [0.25, 0.3) is 0 Å². The van der Waals surface area contributed by atoms with E-state index in [2.05, 4.69) is 28.6 Å². The van der Waals surface area contributed by atoms with E-state index in [-0.39, 0.29) is 0 Å². The zero-order valence-electron chi connectivity index (χ0n) is 11.3. The van der Waals surface area contributed by atoms with Crippen LogP contribution in [0.3, 0.4) is 0 Å². The number of carbonyl (C=O) groups excluding carboxylic acids is 1. The second kappa shape index (κ2) is 8.43. The number of carbonyl (C=O) groups is 1. The first-order valence-electron chi connectivity index (χ1n) is 6.00. The molecule has 6 heteroatoms. The Morgan fingerprint density at radius 1 is 1.47 bits per heavy atom. The van der Waals surface area contributed by atoms with Gasteiger partial charge in [0.2, 0.25) is 0 Å². The molecule has 0 aliphatic rings. The van der Waals surface area contributed by atoms with Gasteiger partial charge in [0.05, 0.1) is 23.6 Å². The number of ether oxygens (including phenoxy) is 1. The fourth-order valence-corrected chi connectivity index (χ4v) is 2.32. The van der Waals surface area contributed by atoms with Crippen molar-refractivity contribution in [1.82, 2.24) is 10.0 Å². The Kier molecular flexibility index (Phi) is 7.23. The molecular weight excluding hydrogens is 284 g/mol. The molecule has 0 fully saturated rings. The summed E-state index contributed by atoms with van der Waals surface area (Å²) >= 11 is 7.79. The number of hydrogen-bond donors (Lipinski definition) is 2. The van der Waals surface area contributed by atoms with Crippen molar-refractivity contribution in [3.05, 3.63) is 34.3 Å². The maximum absolute atomic E-state index is 11.5. The van der Waals surface area contributed by atoms with Crippen LogP contribution < -0.4 is 10.0 Å². The minimum absolute atomic E-state index is 0.399. The third kappa shape index (κ3) is 5.40. The number of rotatable bonds is 7. The third-order valence-corrected chi connectivity index (χ3v) is 3.73. The molecule has 106 valence electrons. The quantitative estimate of drug-likeness (QED) is 0.351. The molecule has 1 aromatic carbocycles. The van der Waals surface area contributed by atoms with Gasteiger partial charge in [-0.1, -0.05) is 35.7 Å². The maximum atomic E-state index is 11.5. The zero-order valence-corrected chi connectivity index (χ0v) is 12.9. The van der Waals surface area contributed by atoms with E-state index < -0.39 is 5.97 Å². The molecular formula is C13H19ClN2O2S. The van der Waals surface area contributed by atoms with E-state index in [9.17, 15) is 4.79 Å². The van der Waals surface area contributed by atoms with Crippen LogP contribution in [-0.2, 0) is 11.3 Å². The number of hydrogen-bond acceptors (Lipinski definition) is 5. The van der Waals surface area contributed by atoms with E-state index in [4.69, 9.17) is 11.6 Å². The Labute approximate surface area is 123 Å². The highest BCUT2D eigenvalue weighted by atomic mass is 35.5. The van der Waals surface area contributed by atoms with Gasteiger partial charge in [0.15, 0.2) is 0 Å². The van der Waals surface area contributed by atoms with Crippen molar-refractivity contribution >= 4 is 29.5 Å². The number of methoxy groups -OCH3 is 1. The molecule has 0 saturated carbocycles. The maximum Gasteiger partial charge on any atom is 0.339 e. The van der Waals surface area contributed by atoms with Crippen LogP contribution in [-0.4, -0.2) is 25.0 Å². The van der Waals surface area contributed by atoms with Gasteiger partial charge >= 0.3 is 5.97 Å². The Balaban J connectivity index is 2.52. The van der Waals surface area contributed by atoms with Gasteiger partial charge in [-0.15, -0.1) is 0 Å². The van der Waals surface area contributed by atoms with Crippen molar-refractivity contribution in [2.24, 2.45) is 0 Å². The van der Waals surface area contributed by atoms with Gasteiger partial charge in [-0.25, -0.2) is 4.79 Å². The van der Waals surface area contributed by atoms with E-state index in [1.165, 1.54) is 7.11 Å². The largest absolute Gasteiger partial charge is 0.465 e. The standard InChI is InChI=1S/C13H19ClN2O2S/c1-9(2)16-19-8-15-7-10-5-4-6-11(12(10)14)13(17)18-3/h4-6,9,15-16H,7-8H2,1-3H3. The molecule has 0 aliphatic heterocycles. The third-order valence-electron chi connectivity index (χ3n) is 2.29. The minimum Gasteiger partial charge on any atom is -0.465 e. The Bertz CT molecular complexity index is 427. The fraction of sp³-hybridized carbons (Fsp3) is 0.462. The van der Waals surface area contributed by atoms with E-state index in [0.29, 0.717) is 23.2 Å². The van der Waals surface area contributed by atoms with Crippen molar-refractivity contribution in [3.63, 3.8) is 0 Å². The first-order valence-corrected chi connectivity index (χ1v) is 7.36. The number of benzene rings is 1. The normalized spacial score (nSPS) is 10.8. The van der Waals surface area contributed by atoms with Gasteiger partial charge in [0, 0.05) is 12.6 Å². The molecule has 1 aromatic rings. The van der Waals surface area contributed by atoms with Gasteiger partial charge < -0.3 is 10.1 Å². The Morgan fingerprint density at radius 2 is 2.21 bits per heavy atom. The van der Waals surface area contributed by atoms with Crippen LogP contribution in [0.4, 0.5) is 0 Å². The summed E-state index contributed by atoms with van der Waals surface area (Å²) in [4.78, 5) is 11.5. The van der Waals surface area contributed by atoms with Gasteiger partial charge in [-0.05, 0) is 25.5 Å². The summed E-state index contributed by atoms with van der Waals surface area (Å²) in [5, 5.41) is 3.69. The molecule has 0 heterocycles. The van der Waals surface area contributed by atoms with Crippen LogP contribution in [0.5, 0.6) is 0 Å². The molecule has 0 radical (unpaired) electrons. The van der Waals surface area contributed by atoms with Crippen LogP contribution in [0.15, 0.2) is 18.2 Å². The molecule has 0 spiro atoms. The fourth-order valence-electron chi connectivity index (χ4n) is 1.43. The summed E-state index contributed by atoms with van der Waals surface area (Å²) in [5.41, 5.74) is 1.28. The number of halogens is 1. The lowest BCUT2D eigenvalue weighted by Crippen LogP contribution is -2.20. The monoisotopic (exact) mass is 302 g/mol. The zero-order chi connectivity index (χ0) is 14.3. The molecule has 19 heavy (non-hydrogen) atoms. The second-order valence-corrected chi connectivity index (χ2v) is 5.45. The first-order chi connectivity index (χ1) is 9.06. The molecule has 4 nitrogen and oxygen atoms in total. The predicted molar refractivity (Wildman–Crippen MR) is 80.4 cm³/mol. The lowest BCUT2D eigenvalue weighted by Gasteiger charge is -2.10. The highest BCUT2D eigenvalue weighted by Gasteiger charge is 2.13. The smallest absolute Gasteiger partial charge is 0.339 e. The predicted octanol–water partition coefficient (Wildman–Crippen LogP) is 2.82. The molecule has 0 aliphatic carbocycles. The van der Waals surface area contributed by atoms with Crippen molar-refractivity contribution in [1.29, 1.82) is 0 Å². The average Bonchev–Trinajstić information content (AvgIpc) is 2.39. The Hall–Kier alpha value is -0.750. The summed E-state index contributed by atoms with van der Waals surface area (Å²) in [6.45, 7) is 4.78. The van der Waals surface area contributed by atoms with Gasteiger partial charge in [0.1, 0.15) is 0 Å². The topological polar surface area (TPSA) is 50.4 Å². The second-order valence-electron chi connectivity index (χ2n) is 4.26. The summed E-state index contributed by atoms with van der Waals surface area (Å²) in [6.07, 6.45) is 0. The summed E-state index contributed by atoms with van der Waals surface area (Å²) in [7, 11) is 1.35. The van der Waals surface area contributed by atoms with Crippen LogP contribution in [0.2, 0.25) is 5.02 Å². The first kappa shape index (κ1) is 16.3. The SMILES string of the molecule is COC(=O)c1cccc(CNCSNC(C)C)c1Cl. The van der Waals surface area contributed by atoms with E-state index in [1.807, 2.05) is 6.07 Å². The highest BCUT2D eigenvalue weighted by molar-refractivity contribution is 7.97. The van der Waals surface area contributed by atoms with E-state index in [0.717, 1.165) is 11.4 Å². The van der Waals surface area contributed by atoms with Crippen molar-refractivity contribution in [3.8, 4) is 0 Å². The van der Waals surface area contributed by atoms with Gasteiger partial charge in [-0.3, -0.25) is 4.72 Å². The van der Waals surface area contributed by atoms with Crippen molar-refractivity contribution in [2.75, 3.05) is 13.0 Å². The molecule has 1 rings (SSSR count). The van der Waals surface area contributed by atoms with Crippen LogP contribution >= 0.6 is 23.5 Å². The lowest BCUT2D eigenvalue weighted by molar-refractivity contribution is 0.0601. The van der Waals surface area contributed by atoms with Crippen LogP contribution in [0.25, 0.3) is 0 Å². The lowest BCUT2D eigenvalue weighted by atomic mass is 10.1. The van der Waals surface area contributed by atoms with Gasteiger partial charge in [-0.2, -0.15) is 0 Å². The van der Waals surface area contributed by atoms with Crippen LogP contribution in [0.1, 0.15) is 29.8 Å². The van der Waals surface area contributed by atoms with E-state index in [1.54, 1.807) is 24.1 Å².